The first-order valence-electron chi connectivity index (χ1n) is 8.01. The molecule has 0 saturated heterocycles. The summed E-state index contributed by atoms with van der Waals surface area (Å²) in [7, 11) is 1.56. The number of carbonyl (C=O) groups excluding carboxylic acids is 1. The number of amides is 1. The first-order chi connectivity index (χ1) is 11.6. The lowest BCUT2D eigenvalue weighted by atomic mass is 9.93. The van der Waals surface area contributed by atoms with Gasteiger partial charge in [-0.1, -0.05) is 0 Å². The highest BCUT2D eigenvalue weighted by molar-refractivity contribution is 9.10. The lowest BCUT2D eigenvalue weighted by Gasteiger charge is -2.23. The topological polar surface area (TPSA) is 60.7 Å². The molecule has 1 heterocycles. The predicted molar refractivity (Wildman–Crippen MR) is 93.7 cm³/mol. The van der Waals surface area contributed by atoms with Crippen molar-refractivity contribution < 1.29 is 18.7 Å². The van der Waals surface area contributed by atoms with E-state index in [0.29, 0.717) is 28.1 Å². The fourth-order valence-electron chi connectivity index (χ4n) is 3.01. The predicted octanol–water partition coefficient (Wildman–Crippen LogP) is 4.26. The van der Waals surface area contributed by atoms with Gasteiger partial charge in [-0.2, -0.15) is 0 Å². The van der Waals surface area contributed by atoms with Crippen molar-refractivity contribution in [2.45, 2.75) is 32.2 Å². The molecule has 128 valence electrons. The van der Waals surface area contributed by atoms with Crippen molar-refractivity contribution in [3.63, 3.8) is 0 Å². The van der Waals surface area contributed by atoms with Crippen molar-refractivity contribution in [3.05, 3.63) is 45.8 Å². The van der Waals surface area contributed by atoms with E-state index in [1.165, 1.54) is 0 Å². The number of aryl methyl sites for hydroxylation is 1. The molecule has 1 aromatic carbocycles. The van der Waals surface area contributed by atoms with Gasteiger partial charge in [0.1, 0.15) is 5.76 Å². The third-order valence-corrected chi connectivity index (χ3v) is 4.73. The molecule has 24 heavy (non-hydrogen) atoms. The number of methoxy groups -OCH3 is 1. The van der Waals surface area contributed by atoms with Crippen LogP contribution >= 0.6 is 15.9 Å². The fourth-order valence-corrected chi connectivity index (χ4v) is 3.57. The number of hydrogen-bond acceptors (Lipinski definition) is 4. The first kappa shape index (κ1) is 16.9. The zero-order valence-electron chi connectivity index (χ0n) is 13.7. The normalized spacial score (nSPS) is 16.4. The largest absolute Gasteiger partial charge is 0.493 e. The number of benzene rings is 1. The number of furan rings is 1. The number of halogens is 1. The van der Waals surface area contributed by atoms with Gasteiger partial charge in [0.05, 0.1) is 30.5 Å². The minimum absolute atomic E-state index is 0.0173. The van der Waals surface area contributed by atoms with Crippen molar-refractivity contribution in [2.75, 3.05) is 13.7 Å². The molecule has 1 amide bonds. The Kier molecular flexibility index (Phi) is 5.14. The summed E-state index contributed by atoms with van der Waals surface area (Å²) in [6.07, 6.45) is 4.53. The summed E-state index contributed by atoms with van der Waals surface area (Å²) < 4.78 is 17.1. The summed E-state index contributed by atoms with van der Waals surface area (Å²) >= 11 is 3.45. The second-order valence-electron chi connectivity index (χ2n) is 5.64. The van der Waals surface area contributed by atoms with E-state index in [4.69, 9.17) is 13.9 Å². The molecular formula is C18H20BrNO4. The molecule has 0 radical (unpaired) electrons. The quantitative estimate of drug-likeness (QED) is 0.824. The van der Waals surface area contributed by atoms with E-state index in [0.717, 1.165) is 30.6 Å². The SMILES string of the molecule is CCOc1c(Br)cc(C(=O)NC2CCCc3occc32)cc1OC. The summed E-state index contributed by atoms with van der Waals surface area (Å²) in [6, 6.07) is 5.37. The third-order valence-electron chi connectivity index (χ3n) is 4.14. The van der Waals surface area contributed by atoms with E-state index < -0.39 is 0 Å². The molecule has 2 aromatic rings. The van der Waals surface area contributed by atoms with Crippen molar-refractivity contribution in [1.29, 1.82) is 0 Å². The molecule has 0 saturated carbocycles. The molecule has 5 nitrogen and oxygen atoms in total. The average Bonchev–Trinajstić information content (AvgIpc) is 3.06. The number of carbonyl (C=O) groups is 1. The molecule has 1 aliphatic rings. The first-order valence-corrected chi connectivity index (χ1v) is 8.80. The monoisotopic (exact) mass is 393 g/mol. The number of ether oxygens (including phenoxy) is 2. The average molecular weight is 394 g/mol. The van der Waals surface area contributed by atoms with Crippen LogP contribution in [-0.4, -0.2) is 19.6 Å². The van der Waals surface area contributed by atoms with Crippen LogP contribution in [0.5, 0.6) is 11.5 Å². The Morgan fingerprint density at radius 1 is 1.46 bits per heavy atom. The van der Waals surface area contributed by atoms with Crippen LogP contribution < -0.4 is 14.8 Å². The van der Waals surface area contributed by atoms with Crippen LogP contribution in [0, 0.1) is 0 Å². The minimum atomic E-state index is -0.143. The van der Waals surface area contributed by atoms with Gasteiger partial charge in [0, 0.05) is 17.5 Å². The van der Waals surface area contributed by atoms with Crippen LogP contribution in [0.15, 0.2) is 33.4 Å². The molecule has 0 bridgehead atoms. The summed E-state index contributed by atoms with van der Waals surface area (Å²) in [5.74, 6) is 1.96. The highest BCUT2D eigenvalue weighted by Crippen LogP contribution is 2.37. The van der Waals surface area contributed by atoms with Gasteiger partial charge < -0.3 is 19.2 Å². The minimum Gasteiger partial charge on any atom is -0.493 e. The number of rotatable bonds is 5. The maximum atomic E-state index is 12.7. The zero-order chi connectivity index (χ0) is 17.1. The Labute approximate surface area is 149 Å². The number of nitrogens with one attached hydrogen (secondary N) is 1. The van der Waals surface area contributed by atoms with E-state index in [1.54, 1.807) is 25.5 Å². The van der Waals surface area contributed by atoms with Crippen molar-refractivity contribution in [3.8, 4) is 11.5 Å². The summed E-state index contributed by atoms with van der Waals surface area (Å²) in [6.45, 7) is 2.42. The van der Waals surface area contributed by atoms with Gasteiger partial charge in [-0.3, -0.25) is 4.79 Å². The van der Waals surface area contributed by atoms with Gasteiger partial charge >= 0.3 is 0 Å². The van der Waals surface area contributed by atoms with E-state index in [2.05, 4.69) is 21.2 Å². The lowest BCUT2D eigenvalue weighted by Crippen LogP contribution is -2.30. The van der Waals surface area contributed by atoms with Crippen LogP contribution in [0.3, 0.4) is 0 Å². The van der Waals surface area contributed by atoms with Crippen molar-refractivity contribution in [2.24, 2.45) is 0 Å². The molecule has 1 unspecified atom stereocenters. The van der Waals surface area contributed by atoms with Gasteiger partial charge in [0.2, 0.25) is 0 Å². The van der Waals surface area contributed by atoms with Gasteiger partial charge in [0.25, 0.3) is 5.91 Å². The Morgan fingerprint density at radius 2 is 2.29 bits per heavy atom. The van der Waals surface area contributed by atoms with E-state index >= 15 is 0 Å². The Morgan fingerprint density at radius 3 is 3.04 bits per heavy atom. The van der Waals surface area contributed by atoms with E-state index in [1.807, 2.05) is 13.0 Å². The van der Waals surface area contributed by atoms with Gasteiger partial charge in [-0.15, -0.1) is 0 Å². The zero-order valence-corrected chi connectivity index (χ0v) is 15.3. The molecule has 6 heteroatoms. The van der Waals surface area contributed by atoms with Gasteiger partial charge in [-0.05, 0) is 53.9 Å². The second-order valence-corrected chi connectivity index (χ2v) is 6.49. The molecule has 0 aliphatic heterocycles. The molecule has 1 atom stereocenters. The summed E-state index contributed by atoms with van der Waals surface area (Å²) in [5.41, 5.74) is 1.60. The summed E-state index contributed by atoms with van der Waals surface area (Å²) in [4.78, 5) is 12.7. The van der Waals surface area contributed by atoms with E-state index in [9.17, 15) is 4.79 Å². The van der Waals surface area contributed by atoms with Gasteiger partial charge in [0.15, 0.2) is 11.5 Å². The van der Waals surface area contributed by atoms with E-state index in [-0.39, 0.29) is 11.9 Å². The van der Waals surface area contributed by atoms with Crippen molar-refractivity contribution in [1.82, 2.24) is 5.32 Å². The second kappa shape index (κ2) is 7.30. The summed E-state index contributed by atoms with van der Waals surface area (Å²) in [5, 5.41) is 3.09. The Balaban J connectivity index is 1.82. The molecule has 1 aromatic heterocycles. The molecular weight excluding hydrogens is 374 g/mol. The molecule has 3 rings (SSSR count). The van der Waals surface area contributed by atoms with Crippen LogP contribution in [0.2, 0.25) is 0 Å². The Bertz CT molecular complexity index is 741. The standard InChI is InChI=1S/C18H20BrNO4/c1-3-23-17-13(19)9-11(10-16(17)22-2)18(21)20-14-5-4-6-15-12(14)7-8-24-15/h7-10,14H,3-6H2,1-2H3,(H,20,21). The molecule has 0 fully saturated rings. The van der Waals surface area contributed by atoms with Crippen LogP contribution in [0.1, 0.15) is 47.5 Å². The smallest absolute Gasteiger partial charge is 0.251 e. The maximum Gasteiger partial charge on any atom is 0.251 e. The highest BCUT2D eigenvalue weighted by atomic mass is 79.9. The lowest BCUT2D eigenvalue weighted by molar-refractivity contribution is 0.0931. The molecule has 1 N–H and O–H groups in total. The third kappa shape index (κ3) is 3.29. The fraction of sp³-hybridized carbons (Fsp3) is 0.389. The maximum absolute atomic E-state index is 12.7. The van der Waals surface area contributed by atoms with Crippen LogP contribution in [-0.2, 0) is 6.42 Å². The van der Waals surface area contributed by atoms with Crippen LogP contribution in [0.25, 0.3) is 0 Å². The van der Waals surface area contributed by atoms with Crippen LogP contribution in [0.4, 0.5) is 0 Å². The highest BCUT2D eigenvalue weighted by Gasteiger charge is 2.25. The Hall–Kier alpha value is -1.95. The molecule has 1 aliphatic carbocycles. The van der Waals surface area contributed by atoms with Crippen molar-refractivity contribution >= 4 is 21.8 Å². The molecule has 0 spiro atoms. The van der Waals surface area contributed by atoms with Gasteiger partial charge in [-0.25, -0.2) is 0 Å². The number of fused-ring (bicyclic) bond motifs is 1. The number of hydrogen-bond donors (Lipinski definition) is 1.